The summed E-state index contributed by atoms with van der Waals surface area (Å²) in [7, 11) is 0.611. The maximum atomic E-state index is 13.6. The predicted octanol–water partition coefficient (Wildman–Crippen LogP) is 7.53. The largest absolute Gasteiger partial charge is 0.465 e. The molecule has 2 unspecified atom stereocenters. The monoisotopic (exact) mass is 538 g/mol. The van der Waals surface area contributed by atoms with Crippen molar-refractivity contribution in [3.05, 3.63) is 70.8 Å². The van der Waals surface area contributed by atoms with E-state index < -0.39 is 46.7 Å². The van der Waals surface area contributed by atoms with Gasteiger partial charge in [0.25, 0.3) is 0 Å². The number of hydrogen-bond acceptors (Lipinski definition) is 4. The van der Waals surface area contributed by atoms with Crippen LogP contribution in [-0.2, 0) is 26.4 Å². The Morgan fingerprint density at radius 3 is 1.78 bits per heavy atom. The van der Waals surface area contributed by atoms with Crippen LogP contribution < -0.4 is 0 Å². The van der Waals surface area contributed by atoms with E-state index in [2.05, 4.69) is 6.92 Å². The molecule has 36 heavy (non-hydrogen) atoms. The molecule has 0 fully saturated rings. The Hall–Kier alpha value is -2.61. The number of unbranched alkanes of at least 4 members (excludes halogenated alkanes) is 5. The number of rotatable bonds is 11. The van der Waals surface area contributed by atoms with Crippen LogP contribution in [0.4, 0.5) is 26.3 Å². The average Bonchev–Trinajstić information content (AvgIpc) is 2.84. The lowest BCUT2D eigenvalue weighted by atomic mass is 9.85. The zero-order valence-corrected chi connectivity index (χ0v) is 21.2. The predicted molar refractivity (Wildman–Crippen MR) is 126 cm³/mol. The molecule has 0 aliphatic rings. The summed E-state index contributed by atoms with van der Waals surface area (Å²) in [5.74, 6) is -4.76. The van der Waals surface area contributed by atoms with Crippen LogP contribution in [0.3, 0.4) is 0 Å². The van der Waals surface area contributed by atoms with E-state index in [0.717, 1.165) is 32.1 Å². The first kappa shape index (κ1) is 31.4. The minimum Gasteiger partial charge on any atom is -0.465 e. The van der Waals surface area contributed by atoms with Crippen molar-refractivity contribution in [2.24, 2.45) is 0 Å². The number of Topliss-reactive ketones (excluding diaryl/α,β-unsaturated/α-hetero) is 1. The smallest absolute Gasteiger partial charge is 0.417 e. The lowest BCUT2D eigenvalue weighted by Gasteiger charge is -2.21. The Balaban J connectivity index is 0.00000316. The van der Waals surface area contributed by atoms with Gasteiger partial charge < -0.3 is 9.30 Å². The maximum absolute atomic E-state index is 13.6. The lowest BCUT2D eigenvalue weighted by molar-refractivity contribution is -0.146. The topological polar surface area (TPSA) is 60.4 Å². The van der Waals surface area contributed by atoms with Gasteiger partial charge in [0.1, 0.15) is 5.92 Å². The quantitative estimate of drug-likeness (QED) is 0.0741. The van der Waals surface area contributed by atoms with Crippen LogP contribution in [0.2, 0.25) is 0 Å². The van der Waals surface area contributed by atoms with Crippen LogP contribution >= 0.6 is 9.12 Å². The zero-order chi connectivity index (χ0) is 27.4. The number of ketones is 1. The lowest BCUT2D eigenvalue weighted by Crippen LogP contribution is -2.29. The Morgan fingerprint density at radius 2 is 1.28 bits per heavy atom. The molecule has 2 aromatic carbocycles. The molecule has 0 saturated carbocycles. The van der Waals surface area contributed by atoms with Crippen molar-refractivity contribution in [1.82, 2.24) is 0 Å². The van der Waals surface area contributed by atoms with Crippen molar-refractivity contribution in [2.75, 3.05) is 6.61 Å². The van der Waals surface area contributed by atoms with E-state index in [0.29, 0.717) is 33.7 Å². The second kappa shape index (κ2) is 14.8. The number of carbonyl (C=O) groups is 2. The Labute approximate surface area is 207 Å². The van der Waals surface area contributed by atoms with Crippen molar-refractivity contribution < 1.29 is 45.2 Å². The van der Waals surface area contributed by atoms with Gasteiger partial charge in [-0.2, -0.15) is 26.3 Å². The Bertz CT molecular complexity index is 945. The molecule has 4 nitrogen and oxygen atoms in total. The Morgan fingerprint density at radius 1 is 0.778 bits per heavy atom. The highest BCUT2D eigenvalue weighted by atomic mass is 31.0. The van der Waals surface area contributed by atoms with Gasteiger partial charge in [-0.3, -0.25) is 9.59 Å². The fraction of sp³-hybridized carbons (Fsp3) is 0.440. The van der Waals surface area contributed by atoms with Crippen molar-refractivity contribution in [3.63, 3.8) is 0 Å². The summed E-state index contributed by atoms with van der Waals surface area (Å²) in [5.41, 5.74) is -5.15. The highest BCUT2D eigenvalue weighted by Crippen LogP contribution is 2.41. The number of carbonyl (C=O) groups excluding carboxylic acids is 2. The molecule has 0 heterocycles. The summed E-state index contributed by atoms with van der Waals surface area (Å²) >= 11 is 0. The molecule has 0 bridgehead atoms. The minimum atomic E-state index is -5.24. The van der Waals surface area contributed by atoms with Gasteiger partial charge in [0.05, 0.1) is 26.9 Å². The highest BCUT2D eigenvalue weighted by Gasteiger charge is 2.45. The van der Waals surface area contributed by atoms with Crippen molar-refractivity contribution >= 4 is 20.9 Å². The van der Waals surface area contributed by atoms with Crippen molar-refractivity contribution in [1.29, 1.82) is 0 Å². The number of ether oxygens (including phenoxy) is 1. The number of alkyl halides is 6. The third kappa shape index (κ3) is 9.12. The third-order valence-electron chi connectivity index (χ3n) is 5.29. The third-order valence-corrected chi connectivity index (χ3v) is 5.29. The fourth-order valence-corrected chi connectivity index (χ4v) is 3.61. The normalized spacial score (nSPS) is 12.4. The molecule has 11 heteroatoms. The van der Waals surface area contributed by atoms with Crippen LogP contribution in [0, 0.1) is 0 Å². The molecule has 0 N–H and O–H groups in total. The van der Waals surface area contributed by atoms with Gasteiger partial charge in [0.15, 0.2) is 5.78 Å². The van der Waals surface area contributed by atoms with Crippen molar-refractivity contribution in [2.45, 2.75) is 63.7 Å². The molecule has 0 radical (unpaired) electrons. The molecule has 2 rings (SSSR count). The highest BCUT2D eigenvalue weighted by molar-refractivity contribution is 7.00. The Kier molecular flexibility index (Phi) is 12.9. The van der Waals surface area contributed by atoms with Gasteiger partial charge in [0, 0.05) is 5.56 Å². The van der Waals surface area contributed by atoms with Gasteiger partial charge in [-0.15, -0.1) is 0 Å². The minimum absolute atomic E-state index is 0.0504. The summed E-state index contributed by atoms with van der Waals surface area (Å²) in [4.78, 5) is 26.0. The summed E-state index contributed by atoms with van der Waals surface area (Å²) in [6.07, 6.45) is -5.25. The van der Waals surface area contributed by atoms with Crippen molar-refractivity contribution in [3.8, 4) is 0 Å². The van der Waals surface area contributed by atoms with E-state index >= 15 is 0 Å². The van der Waals surface area contributed by atoms with Crippen LogP contribution in [0.5, 0.6) is 0 Å². The second-order valence-corrected chi connectivity index (χ2v) is 7.87. The molecule has 0 saturated heterocycles. The molecule has 2 atom stereocenters. The average molecular weight is 538 g/mol. The molecule has 0 amide bonds. The SMILES string of the molecule is CCCCCCCCOC(=O)C(C(=O)c1c(C(F)(F)F)cccc1C(F)(F)F)c1ccccc1.O=[PH3]. The molecule has 0 aliphatic heterocycles. The van der Waals surface area contributed by atoms with Gasteiger partial charge >= 0.3 is 18.3 Å². The van der Waals surface area contributed by atoms with Crippen LogP contribution in [0.25, 0.3) is 0 Å². The van der Waals surface area contributed by atoms with Crippen LogP contribution in [0.1, 0.15) is 78.4 Å². The standard InChI is InChI=1S/C25H26F6O3.H3OP/c1-2-3-4-5-6-10-16-34-23(33)20(17-12-8-7-9-13-17)22(32)21-18(24(26,27)28)14-11-15-19(21)25(29,30)31;1-2/h7-9,11-15,20H,2-6,10,16H2,1H3;2H3. The number of benzene rings is 2. The summed E-state index contributed by atoms with van der Waals surface area (Å²) < 4.78 is 94.9. The first-order valence-corrected chi connectivity index (χ1v) is 11.9. The summed E-state index contributed by atoms with van der Waals surface area (Å²) in [5, 5.41) is 0. The van der Waals surface area contributed by atoms with Crippen LogP contribution in [-0.4, -0.2) is 18.4 Å². The van der Waals surface area contributed by atoms with Gasteiger partial charge in [-0.25, -0.2) is 0 Å². The fourth-order valence-electron chi connectivity index (χ4n) is 3.61. The summed E-state index contributed by atoms with van der Waals surface area (Å²) in [6, 6.07) is 8.34. The first-order valence-electron chi connectivity index (χ1n) is 11.3. The zero-order valence-electron chi connectivity index (χ0n) is 19.8. The van der Waals surface area contributed by atoms with E-state index in [1.807, 2.05) is 0 Å². The van der Waals surface area contributed by atoms with E-state index in [9.17, 15) is 35.9 Å². The molecular weight excluding hydrogens is 509 g/mol. The van der Waals surface area contributed by atoms with Gasteiger partial charge in [-0.05, 0) is 24.1 Å². The van der Waals surface area contributed by atoms with E-state index in [-0.39, 0.29) is 12.2 Å². The van der Waals surface area contributed by atoms with Gasteiger partial charge in [-0.1, -0.05) is 75.4 Å². The van der Waals surface area contributed by atoms with Gasteiger partial charge in [0.2, 0.25) is 0 Å². The number of hydrogen-bond donors (Lipinski definition) is 0. The molecular formula is C25H29F6O4P. The summed E-state index contributed by atoms with van der Waals surface area (Å²) in [6.45, 7) is 1.97. The van der Waals surface area contributed by atoms with E-state index in [1.54, 1.807) is 0 Å². The number of halogens is 6. The second-order valence-electron chi connectivity index (χ2n) is 7.87. The number of esters is 1. The maximum Gasteiger partial charge on any atom is 0.417 e. The van der Waals surface area contributed by atoms with E-state index in [1.165, 1.54) is 30.3 Å². The molecule has 200 valence electrons. The van der Waals surface area contributed by atoms with E-state index in [4.69, 9.17) is 9.30 Å². The first-order chi connectivity index (χ1) is 17.0. The molecule has 0 aromatic heterocycles. The van der Waals surface area contributed by atoms with Crippen LogP contribution in [0.15, 0.2) is 48.5 Å². The molecule has 0 aliphatic carbocycles. The molecule has 0 spiro atoms. The molecule has 2 aromatic rings.